The first kappa shape index (κ1) is 21.7. The Balaban J connectivity index is 1.67. The van der Waals surface area contributed by atoms with E-state index in [0.717, 1.165) is 29.9 Å². The molecule has 4 rings (SSSR count). The van der Waals surface area contributed by atoms with Crippen LogP contribution in [0.1, 0.15) is 27.7 Å². The number of nitrogens with zero attached hydrogens (tertiary/aromatic N) is 6. The Morgan fingerprint density at radius 1 is 0.906 bits per heavy atom. The maximum absolute atomic E-state index is 4.75. The van der Waals surface area contributed by atoms with Crippen molar-refractivity contribution in [3.63, 3.8) is 0 Å². The highest BCUT2D eigenvalue weighted by Crippen LogP contribution is 2.24. The minimum absolute atomic E-state index is 0.473. The molecule has 0 spiro atoms. The quantitative estimate of drug-likeness (QED) is 0.405. The van der Waals surface area contributed by atoms with Gasteiger partial charge < -0.3 is 10.6 Å². The molecule has 3 heterocycles. The molecule has 2 N–H and O–H groups in total. The third kappa shape index (κ3) is 4.86. The van der Waals surface area contributed by atoms with E-state index in [4.69, 9.17) is 9.97 Å². The Kier molecular flexibility index (Phi) is 6.61. The van der Waals surface area contributed by atoms with Crippen LogP contribution < -0.4 is 10.6 Å². The van der Waals surface area contributed by atoms with Crippen LogP contribution in [0, 0.1) is 0 Å². The van der Waals surface area contributed by atoms with Crippen molar-refractivity contribution in [3.8, 4) is 5.69 Å². The molecule has 8 nitrogen and oxygen atoms in total. The highest BCUT2D eigenvalue weighted by atomic mass is 15.2. The van der Waals surface area contributed by atoms with Gasteiger partial charge in [-0.15, -0.1) is 0 Å². The van der Waals surface area contributed by atoms with Crippen molar-refractivity contribution < 1.29 is 0 Å². The van der Waals surface area contributed by atoms with Crippen molar-refractivity contribution in [2.24, 2.45) is 0 Å². The van der Waals surface area contributed by atoms with Gasteiger partial charge in [0, 0.05) is 37.1 Å². The van der Waals surface area contributed by atoms with Gasteiger partial charge in [0.1, 0.15) is 12.1 Å². The normalized spacial score (nSPS) is 11.6. The fourth-order valence-corrected chi connectivity index (χ4v) is 3.82. The molecule has 0 aliphatic rings. The zero-order chi connectivity index (χ0) is 22.5. The van der Waals surface area contributed by atoms with Gasteiger partial charge in [-0.05, 0) is 52.0 Å². The number of benzene rings is 1. The molecule has 166 valence electrons. The van der Waals surface area contributed by atoms with Gasteiger partial charge in [0.2, 0.25) is 5.95 Å². The summed E-state index contributed by atoms with van der Waals surface area (Å²) in [7, 11) is 0. The van der Waals surface area contributed by atoms with Crippen LogP contribution in [0.15, 0.2) is 61.1 Å². The number of anilines is 3. The molecule has 0 aliphatic carbocycles. The minimum atomic E-state index is 0.473. The van der Waals surface area contributed by atoms with E-state index in [1.54, 1.807) is 12.5 Å². The van der Waals surface area contributed by atoms with Crippen LogP contribution in [0.4, 0.5) is 17.6 Å². The Hall–Kier alpha value is -3.52. The smallest absolute Gasteiger partial charge is 0.232 e. The molecule has 0 fully saturated rings. The number of nitrogens with one attached hydrogen (secondary N) is 2. The maximum Gasteiger partial charge on any atom is 0.232 e. The summed E-state index contributed by atoms with van der Waals surface area (Å²) in [6, 6.07) is 16.7. The molecule has 0 saturated carbocycles. The Morgan fingerprint density at radius 2 is 1.66 bits per heavy atom. The van der Waals surface area contributed by atoms with Crippen LogP contribution in [-0.4, -0.2) is 54.6 Å². The second-order valence-corrected chi connectivity index (χ2v) is 8.21. The number of para-hydroxylation sites is 1. The summed E-state index contributed by atoms with van der Waals surface area (Å²) in [5.41, 5.74) is 2.46. The summed E-state index contributed by atoms with van der Waals surface area (Å²) >= 11 is 0. The highest BCUT2D eigenvalue weighted by molar-refractivity contribution is 5.85. The summed E-state index contributed by atoms with van der Waals surface area (Å²) in [6.45, 7) is 10.5. The molecule has 3 aromatic heterocycles. The summed E-state index contributed by atoms with van der Waals surface area (Å²) in [4.78, 5) is 20.9. The molecule has 0 amide bonds. The number of hydrogen-bond donors (Lipinski definition) is 2. The molecule has 0 unspecified atom stereocenters. The molecular formula is C24H30N8. The topological polar surface area (TPSA) is 83.8 Å². The van der Waals surface area contributed by atoms with Crippen LogP contribution in [0.2, 0.25) is 0 Å². The lowest BCUT2D eigenvalue weighted by Crippen LogP contribution is -2.40. The van der Waals surface area contributed by atoms with E-state index in [1.165, 1.54) is 0 Å². The first-order chi connectivity index (χ1) is 15.5. The summed E-state index contributed by atoms with van der Waals surface area (Å²) in [5, 5.41) is 6.71. The van der Waals surface area contributed by atoms with E-state index in [1.807, 2.05) is 53.1 Å². The first-order valence-electron chi connectivity index (χ1n) is 11.0. The number of imidazole rings is 1. The van der Waals surface area contributed by atoms with Gasteiger partial charge in [0.15, 0.2) is 17.0 Å². The van der Waals surface area contributed by atoms with E-state index in [-0.39, 0.29) is 0 Å². The number of pyridine rings is 1. The highest BCUT2D eigenvalue weighted by Gasteiger charge is 2.16. The first-order valence-corrected chi connectivity index (χ1v) is 11.0. The number of rotatable bonds is 9. The molecule has 4 aromatic rings. The van der Waals surface area contributed by atoms with Gasteiger partial charge >= 0.3 is 0 Å². The van der Waals surface area contributed by atoms with Crippen LogP contribution in [0.5, 0.6) is 0 Å². The van der Waals surface area contributed by atoms with Crippen molar-refractivity contribution in [1.82, 2.24) is 29.4 Å². The average Bonchev–Trinajstić information content (AvgIpc) is 3.21. The second kappa shape index (κ2) is 9.74. The molecule has 1 aromatic carbocycles. The standard InChI is InChI=1S/C24H30N8/c1-17(2)31(18(3)4)15-14-26-22-21-23(32(16-27-21)19-10-6-5-7-11-19)30-24(29-22)28-20-12-8-9-13-25-20/h5-13,16-18H,14-15H2,1-4H3,(H2,25,26,28,29,30). The largest absolute Gasteiger partial charge is 0.367 e. The van der Waals surface area contributed by atoms with Gasteiger partial charge in [0.05, 0.1) is 0 Å². The van der Waals surface area contributed by atoms with Gasteiger partial charge in [-0.2, -0.15) is 9.97 Å². The van der Waals surface area contributed by atoms with Gasteiger partial charge in [0.25, 0.3) is 0 Å². The molecule has 0 bridgehead atoms. The van der Waals surface area contributed by atoms with Crippen LogP contribution in [0.25, 0.3) is 16.9 Å². The van der Waals surface area contributed by atoms with E-state index < -0.39 is 0 Å². The van der Waals surface area contributed by atoms with Gasteiger partial charge in [-0.1, -0.05) is 24.3 Å². The van der Waals surface area contributed by atoms with E-state index in [2.05, 4.69) is 53.2 Å². The zero-order valence-corrected chi connectivity index (χ0v) is 19.0. The van der Waals surface area contributed by atoms with Crippen molar-refractivity contribution in [3.05, 3.63) is 61.1 Å². The average molecular weight is 431 g/mol. The predicted octanol–water partition coefficient (Wildman–Crippen LogP) is 4.48. The molecule has 32 heavy (non-hydrogen) atoms. The maximum atomic E-state index is 4.75. The lowest BCUT2D eigenvalue weighted by atomic mass is 10.2. The van der Waals surface area contributed by atoms with Crippen LogP contribution in [0.3, 0.4) is 0 Å². The summed E-state index contributed by atoms with van der Waals surface area (Å²) in [6.07, 6.45) is 3.53. The summed E-state index contributed by atoms with van der Waals surface area (Å²) < 4.78 is 1.97. The Bertz CT molecular complexity index is 1130. The van der Waals surface area contributed by atoms with Crippen molar-refractivity contribution in [1.29, 1.82) is 0 Å². The predicted molar refractivity (Wildman–Crippen MR) is 130 cm³/mol. The van der Waals surface area contributed by atoms with Crippen LogP contribution in [-0.2, 0) is 0 Å². The van der Waals surface area contributed by atoms with Crippen molar-refractivity contribution in [2.75, 3.05) is 23.7 Å². The third-order valence-electron chi connectivity index (χ3n) is 5.32. The van der Waals surface area contributed by atoms with E-state index in [9.17, 15) is 0 Å². The molecular weight excluding hydrogens is 400 g/mol. The number of hydrogen-bond acceptors (Lipinski definition) is 7. The number of fused-ring (bicyclic) bond motifs is 1. The monoisotopic (exact) mass is 430 g/mol. The Morgan fingerprint density at radius 3 is 2.34 bits per heavy atom. The van der Waals surface area contributed by atoms with Crippen molar-refractivity contribution >= 4 is 28.7 Å². The number of aromatic nitrogens is 5. The minimum Gasteiger partial charge on any atom is -0.367 e. The lowest BCUT2D eigenvalue weighted by Gasteiger charge is -2.30. The van der Waals surface area contributed by atoms with Crippen molar-refractivity contribution in [2.45, 2.75) is 39.8 Å². The van der Waals surface area contributed by atoms with Crippen LogP contribution >= 0.6 is 0 Å². The molecule has 8 heteroatoms. The summed E-state index contributed by atoms with van der Waals surface area (Å²) in [5.74, 6) is 1.87. The van der Waals surface area contributed by atoms with E-state index >= 15 is 0 Å². The molecule has 0 saturated heterocycles. The Labute approximate surface area is 188 Å². The SMILES string of the molecule is CC(C)N(CCNc1nc(Nc2ccccn2)nc2c1ncn2-c1ccccc1)C(C)C. The van der Waals surface area contributed by atoms with E-state index in [0.29, 0.717) is 29.7 Å². The second-order valence-electron chi connectivity index (χ2n) is 8.21. The zero-order valence-electron chi connectivity index (χ0n) is 19.0. The lowest BCUT2D eigenvalue weighted by molar-refractivity contribution is 0.182. The van der Waals surface area contributed by atoms with Gasteiger partial charge in [-0.3, -0.25) is 9.47 Å². The molecule has 0 atom stereocenters. The third-order valence-corrected chi connectivity index (χ3v) is 5.32. The fourth-order valence-electron chi connectivity index (χ4n) is 3.82. The fraction of sp³-hybridized carbons (Fsp3) is 0.333. The molecule has 0 aliphatic heterocycles. The van der Waals surface area contributed by atoms with Gasteiger partial charge in [-0.25, -0.2) is 9.97 Å². The molecule has 0 radical (unpaired) electrons.